The van der Waals surface area contributed by atoms with Crippen LogP contribution in [0.3, 0.4) is 0 Å². The molecule has 49 heteroatoms. The fourth-order valence-corrected chi connectivity index (χ4v) is 3.72. The summed E-state index contributed by atoms with van der Waals surface area (Å²) < 4.78 is 0. The zero-order valence-electron chi connectivity index (χ0n) is 44.2. The van der Waals surface area contributed by atoms with E-state index in [0.717, 1.165) is 44.6 Å². The molecule has 85 heavy (non-hydrogen) atoms. The van der Waals surface area contributed by atoms with Crippen LogP contribution >= 0.6 is 0 Å². The van der Waals surface area contributed by atoms with Gasteiger partial charge in [-0.05, 0) is 0 Å². The van der Waals surface area contributed by atoms with Gasteiger partial charge < -0.3 is 174 Å². The maximum atomic E-state index is 8.60. The molecule has 4 rings (SSSR count). The monoisotopic (exact) mass is 1660 g/mol. The Morgan fingerprint density at radius 3 is 0.682 bits per heavy atom. The minimum Gasteiger partial charge on any atom is -0.693 e. The molecule has 0 bridgehead atoms. The second kappa shape index (κ2) is 199. The van der Waals surface area contributed by atoms with Gasteiger partial charge in [0.05, 0.1) is 37.2 Å². The van der Waals surface area contributed by atoms with Crippen molar-refractivity contribution in [1.29, 1.82) is 31.6 Å². The number of hydrogen-bond donors (Lipinski definition) is 4. The molecule has 0 amide bonds. The van der Waals surface area contributed by atoms with Gasteiger partial charge in [0.2, 0.25) is 0 Å². The second-order valence-corrected chi connectivity index (χ2v) is 10.2. The average molecular weight is 1660 g/mol. The molecule has 3 atom stereocenters. The van der Waals surface area contributed by atoms with Crippen molar-refractivity contribution in [3.05, 3.63) is 115 Å². The molecule has 38 nitrogen and oxygen atoms in total. The van der Waals surface area contributed by atoms with Crippen LogP contribution in [-0.2, 0) is 188 Å². The number of piperidine rings is 3. The SMILES string of the molecule is N#CN=C=[N-].N#CN=C=[N-].N#CN=C=[N-].N#CN=C=[N-].N#CN=C=[N-].N#CN=C=[N-].O.O.O.O.O.O.OCC1=CC=CC[N-]1.OCC1CCCC[N-]1.OCC1CCCC[N-]1.OCC1CCCC[N-]1.[Mn+2].[Mn+2].[Mn+3].[Mn+3].[Mn+3].[Mn+3].[Mn].[Mn].[Mn].[Mn].[Mn].[NH2-].[NH2-].[NH2-].[NH2-].[NH2-].[NH2-]. The Hall–Kier alpha value is -2.55. The minimum atomic E-state index is 0. The fraction of sp³-hybridized carbons (Fsp3) is 0.556. The molecule has 3 saturated heterocycles. The van der Waals surface area contributed by atoms with Gasteiger partial charge in [0.25, 0.3) is 0 Å². The van der Waals surface area contributed by atoms with Crippen LogP contribution in [0, 0.1) is 68.7 Å². The fourth-order valence-electron chi connectivity index (χ4n) is 3.72. The van der Waals surface area contributed by atoms with Gasteiger partial charge in [-0.25, -0.2) is 0 Å². The third-order valence-electron chi connectivity index (χ3n) is 6.22. The normalized spacial score (nSPS) is 11.6. The largest absolute Gasteiger partial charge is 3.00 e. The second-order valence-electron chi connectivity index (χ2n) is 10.2. The van der Waals surface area contributed by atoms with Crippen molar-refractivity contribution in [2.75, 3.05) is 52.6 Å². The topological polar surface area (TPSA) is 878 Å². The maximum absolute atomic E-state index is 8.60. The van der Waals surface area contributed by atoms with E-state index in [9.17, 15) is 0 Å². The first-order valence-corrected chi connectivity index (χ1v) is 17.6. The average Bonchev–Trinajstić information content (AvgIpc) is 3.33. The Bertz CT molecular complexity index is 1520. The summed E-state index contributed by atoms with van der Waals surface area (Å²) in [5, 5.41) is 140. The molecule has 0 saturated carbocycles. The van der Waals surface area contributed by atoms with Gasteiger partial charge in [0.15, 0.2) is 0 Å². The van der Waals surface area contributed by atoms with E-state index in [2.05, 4.69) is 51.2 Å². The molecule has 489 valence electrons. The van der Waals surface area contributed by atoms with E-state index in [4.69, 9.17) is 84.5 Å². The molecule has 0 spiro atoms. The van der Waals surface area contributed by atoms with Crippen molar-refractivity contribution in [2.24, 2.45) is 30.0 Å². The molecule has 0 aromatic rings. The summed E-state index contributed by atoms with van der Waals surface area (Å²) in [6, 6.07) is 8.49. The summed E-state index contributed by atoms with van der Waals surface area (Å²) in [6.07, 6.45) is 24.0. The molecule has 4 aliphatic rings. The standard InChI is InChI=1S/3C6H12NO.C6H8NO.6C2N3.11Mn.6H2N.6H2O/c4*8-5-6-3-1-2-4-7-6;6*3-1-5-2-4;;;;;;;;;;;;;;;;;;;;;;;/h3*6,8H,1-5H2;1-3,8H,4-5H2;;;;;;;;;;;;;;;;;;12*1H2/q10*-1;;;;;;2*+2;4*+3;6*-1;;;;;;. The van der Waals surface area contributed by atoms with E-state index in [1.807, 2.05) is 18.2 Å². The number of nitrogens with zero attached hydrogens (tertiary/aromatic N) is 22. The molecule has 3 fully saturated rings. The van der Waals surface area contributed by atoms with Gasteiger partial charge in [-0.1, -0.05) is 69.9 Å². The third-order valence-corrected chi connectivity index (χ3v) is 6.22. The first-order valence-electron chi connectivity index (χ1n) is 17.6. The Balaban J connectivity index is -0.0000000148. The van der Waals surface area contributed by atoms with Crippen molar-refractivity contribution >= 4 is 36.1 Å². The van der Waals surface area contributed by atoms with Crippen molar-refractivity contribution < 1.29 is 241 Å². The van der Waals surface area contributed by atoms with Gasteiger partial charge in [0, 0.05) is 112 Å². The van der Waals surface area contributed by atoms with Crippen LogP contribution in [0.2, 0.25) is 0 Å². The number of nitriles is 6. The predicted octanol–water partition coefficient (Wildman–Crippen LogP) is 4.11. The van der Waals surface area contributed by atoms with Gasteiger partial charge in [-0.3, -0.25) is 0 Å². The molecule has 0 aromatic carbocycles. The van der Waals surface area contributed by atoms with Crippen LogP contribution in [0.4, 0.5) is 0 Å². The Kier molecular flexibility index (Phi) is 449. The molecular formula is C36H68Mn11N28O10. The number of allylic oxidation sites excluding steroid dienone is 2. The number of aliphatic hydroxyl groups is 4. The molecule has 4 aliphatic heterocycles. The molecule has 4 heterocycles. The Labute approximate surface area is 613 Å². The summed E-state index contributed by atoms with van der Waals surface area (Å²) in [4.78, 5) is 15.5. The summed E-state index contributed by atoms with van der Waals surface area (Å²) in [5.41, 5.74) is 0.771. The molecule has 0 aliphatic carbocycles. The zero-order chi connectivity index (χ0) is 48.0. The minimum absolute atomic E-state index is 0. The third kappa shape index (κ3) is 210. The first kappa shape index (κ1) is 191. The van der Waals surface area contributed by atoms with Crippen LogP contribution in [0.15, 0.2) is 53.9 Å². The van der Waals surface area contributed by atoms with Crippen molar-refractivity contribution in [3.63, 3.8) is 0 Å². The Morgan fingerprint density at radius 2 is 0.612 bits per heavy atom. The number of aliphatic hydroxyl groups excluding tert-OH is 4. The quantitative estimate of drug-likeness (QED) is 0.177. The molecular weight excluding hydrogens is 1590 g/mol. The van der Waals surface area contributed by atoms with E-state index in [-0.39, 0.29) is 302 Å². The predicted molar refractivity (Wildman–Crippen MR) is 283 cm³/mol. The zero-order valence-corrected chi connectivity index (χ0v) is 57.2. The molecule has 7 radical (unpaired) electrons. The summed E-state index contributed by atoms with van der Waals surface area (Å²) in [7, 11) is 0. The number of rotatable bonds is 4. The summed E-state index contributed by atoms with van der Waals surface area (Å²) in [6.45, 7) is 4.42. The van der Waals surface area contributed by atoms with Gasteiger partial charge in [-0.2, -0.15) is 31.6 Å². The van der Waals surface area contributed by atoms with E-state index < -0.39 is 0 Å². The van der Waals surface area contributed by atoms with Gasteiger partial charge in [-0.15, -0.1) is 92.1 Å². The molecule has 28 N–H and O–H groups in total. The first-order chi connectivity index (χ1) is 30.2. The van der Waals surface area contributed by atoms with E-state index in [1.165, 1.54) is 112 Å². The van der Waals surface area contributed by atoms with Crippen LogP contribution in [0.25, 0.3) is 90.6 Å². The summed E-state index contributed by atoms with van der Waals surface area (Å²) >= 11 is 0. The number of nitrogens with two attached hydrogens (primary N) is 6. The maximum Gasteiger partial charge on any atom is 3.00 e. The van der Waals surface area contributed by atoms with E-state index >= 15 is 0 Å². The smallest absolute Gasteiger partial charge is 0.693 e. The van der Waals surface area contributed by atoms with Crippen LogP contribution in [0.5, 0.6) is 0 Å². The van der Waals surface area contributed by atoms with Crippen molar-refractivity contribution in [1.82, 2.24) is 0 Å². The number of aliphatic imine (C=N–C) groups is 6. The van der Waals surface area contributed by atoms with Crippen LogP contribution in [-0.4, -0.2) is 160 Å². The Morgan fingerprint density at radius 1 is 0.412 bits per heavy atom. The van der Waals surface area contributed by atoms with Gasteiger partial charge >= 0.3 is 102 Å². The van der Waals surface area contributed by atoms with E-state index in [0.29, 0.717) is 6.54 Å². The molecule has 3 unspecified atom stereocenters. The van der Waals surface area contributed by atoms with Crippen LogP contribution < -0.4 is 0 Å². The van der Waals surface area contributed by atoms with Crippen LogP contribution in [0.1, 0.15) is 57.8 Å². The van der Waals surface area contributed by atoms with Crippen molar-refractivity contribution in [3.8, 4) is 37.2 Å². The van der Waals surface area contributed by atoms with Gasteiger partial charge in [0.1, 0.15) is 0 Å². The van der Waals surface area contributed by atoms with Crippen molar-refractivity contribution in [2.45, 2.75) is 75.9 Å². The van der Waals surface area contributed by atoms with E-state index in [1.54, 1.807) is 0 Å². The number of hydrogen-bond acceptors (Lipinski definition) is 16. The summed E-state index contributed by atoms with van der Waals surface area (Å²) in [5.74, 6) is 0. The molecule has 0 aromatic heterocycles.